The predicted molar refractivity (Wildman–Crippen MR) is 96.9 cm³/mol. The van der Waals surface area contributed by atoms with Crippen molar-refractivity contribution in [2.24, 2.45) is 0 Å². The van der Waals surface area contributed by atoms with Gasteiger partial charge >= 0.3 is 5.69 Å². The lowest BCUT2D eigenvalue weighted by molar-refractivity contribution is -0.0833. The van der Waals surface area contributed by atoms with Crippen molar-refractivity contribution in [3.05, 3.63) is 57.8 Å². The third-order valence-electron chi connectivity index (χ3n) is 5.56. The number of hydrogen-bond acceptors (Lipinski definition) is 6. The molecule has 0 amide bonds. The van der Waals surface area contributed by atoms with Crippen molar-refractivity contribution in [3.8, 4) is 11.5 Å². The SMILES string of the molecule is Cc1oc(-c2ccccc2F)nc1CN1CCC2(C1)Cn1c(n[nH]c1=O)CO2. The summed E-state index contributed by atoms with van der Waals surface area (Å²) in [5.74, 6) is 1.25. The first-order chi connectivity index (χ1) is 13.5. The Labute approximate surface area is 159 Å². The van der Waals surface area contributed by atoms with Crippen molar-refractivity contribution < 1.29 is 13.5 Å². The van der Waals surface area contributed by atoms with Gasteiger partial charge in [-0.05, 0) is 25.5 Å². The lowest BCUT2D eigenvalue weighted by atomic mass is 10.0. The number of aromatic nitrogens is 4. The Morgan fingerprint density at radius 1 is 1.32 bits per heavy atom. The zero-order chi connectivity index (χ0) is 19.3. The Morgan fingerprint density at radius 2 is 2.18 bits per heavy atom. The number of ether oxygens (including phenoxy) is 1. The summed E-state index contributed by atoms with van der Waals surface area (Å²) in [6, 6.07) is 6.45. The second-order valence-electron chi connectivity index (χ2n) is 7.47. The number of likely N-dealkylation sites (tertiary alicyclic amines) is 1. The van der Waals surface area contributed by atoms with Gasteiger partial charge in [0.15, 0.2) is 5.82 Å². The maximum atomic E-state index is 14.0. The molecule has 4 heterocycles. The summed E-state index contributed by atoms with van der Waals surface area (Å²) < 4.78 is 27.5. The Kier molecular flexibility index (Phi) is 3.95. The normalized spacial score (nSPS) is 22.1. The number of oxazole rings is 1. The third kappa shape index (κ3) is 2.87. The quantitative estimate of drug-likeness (QED) is 0.740. The molecule has 2 aromatic heterocycles. The lowest BCUT2D eigenvalue weighted by Gasteiger charge is -2.33. The third-order valence-corrected chi connectivity index (χ3v) is 5.56. The van der Waals surface area contributed by atoms with E-state index in [9.17, 15) is 9.18 Å². The fraction of sp³-hybridized carbons (Fsp3) is 0.421. The van der Waals surface area contributed by atoms with Crippen molar-refractivity contribution in [1.82, 2.24) is 24.6 Å². The van der Waals surface area contributed by atoms with Crippen LogP contribution in [0.15, 0.2) is 33.5 Å². The minimum atomic E-state index is -0.396. The van der Waals surface area contributed by atoms with Gasteiger partial charge in [0.05, 0.1) is 17.8 Å². The number of hydrogen-bond donors (Lipinski definition) is 1. The van der Waals surface area contributed by atoms with E-state index in [4.69, 9.17) is 9.15 Å². The molecule has 9 heteroatoms. The Balaban J connectivity index is 1.33. The molecule has 2 aliphatic heterocycles. The molecule has 0 radical (unpaired) electrons. The number of aryl methyl sites for hydroxylation is 1. The van der Waals surface area contributed by atoms with Gasteiger partial charge in [-0.1, -0.05) is 12.1 Å². The first kappa shape index (κ1) is 17.3. The molecule has 3 aromatic rings. The molecule has 1 spiro atoms. The number of H-pyrrole nitrogens is 1. The minimum absolute atomic E-state index is 0.196. The molecule has 1 saturated heterocycles. The minimum Gasteiger partial charge on any atom is -0.441 e. The average Bonchev–Trinajstić information content (AvgIpc) is 3.35. The van der Waals surface area contributed by atoms with Crippen LogP contribution in [0.4, 0.5) is 4.39 Å². The van der Waals surface area contributed by atoms with E-state index in [1.54, 1.807) is 22.8 Å². The van der Waals surface area contributed by atoms with Crippen molar-refractivity contribution in [2.75, 3.05) is 13.1 Å². The van der Waals surface area contributed by atoms with Crippen LogP contribution in [0.1, 0.15) is 23.7 Å². The van der Waals surface area contributed by atoms with Gasteiger partial charge in [0.1, 0.15) is 23.8 Å². The number of fused-ring (bicyclic) bond motifs is 1. The van der Waals surface area contributed by atoms with Crippen LogP contribution in [-0.4, -0.2) is 43.3 Å². The fourth-order valence-corrected chi connectivity index (χ4v) is 4.02. The maximum Gasteiger partial charge on any atom is 0.343 e. The van der Waals surface area contributed by atoms with Crippen LogP contribution in [0.5, 0.6) is 0 Å². The molecule has 28 heavy (non-hydrogen) atoms. The van der Waals surface area contributed by atoms with Gasteiger partial charge in [-0.2, -0.15) is 5.10 Å². The molecule has 0 aliphatic carbocycles. The topological polar surface area (TPSA) is 89.2 Å². The van der Waals surface area contributed by atoms with Crippen molar-refractivity contribution in [3.63, 3.8) is 0 Å². The number of benzene rings is 1. The van der Waals surface area contributed by atoms with E-state index >= 15 is 0 Å². The van der Waals surface area contributed by atoms with Crippen LogP contribution in [0, 0.1) is 12.7 Å². The molecular weight excluding hydrogens is 365 g/mol. The van der Waals surface area contributed by atoms with E-state index in [1.165, 1.54) is 6.07 Å². The lowest BCUT2D eigenvalue weighted by Crippen LogP contribution is -2.46. The molecule has 1 N–H and O–H groups in total. The average molecular weight is 385 g/mol. The van der Waals surface area contributed by atoms with Gasteiger partial charge in [0.25, 0.3) is 0 Å². The second-order valence-corrected chi connectivity index (χ2v) is 7.47. The fourth-order valence-electron chi connectivity index (χ4n) is 4.02. The van der Waals surface area contributed by atoms with E-state index in [0.717, 1.165) is 18.7 Å². The monoisotopic (exact) mass is 385 g/mol. The number of nitrogens with zero attached hydrogens (tertiary/aromatic N) is 4. The van der Waals surface area contributed by atoms with Crippen LogP contribution >= 0.6 is 0 Å². The molecule has 0 saturated carbocycles. The van der Waals surface area contributed by atoms with Gasteiger partial charge in [0, 0.05) is 19.6 Å². The Morgan fingerprint density at radius 3 is 3.04 bits per heavy atom. The molecule has 146 valence electrons. The smallest absolute Gasteiger partial charge is 0.343 e. The van der Waals surface area contributed by atoms with Crippen LogP contribution < -0.4 is 5.69 Å². The predicted octanol–water partition coefficient (Wildman–Crippen LogP) is 1.85. The van der Waals surface area contributed by atoms with E-state index < -0.39 is 5.60 Å². The highest BCUT2D eigenvalue weighted by Crippen LogP contribution is 2.33. The molecule has 1 atom stereocenters. The molecular formula is C19H20FN5O3. The van der Waals surface area contributed by atoms with Gasteiger partial charge < -0.3 is 9.15 Å². The zero-order valence-electron chi connectivity index (χ0n) is 15.4. The van der Waals surface area contributed by atoms with Crippen LogP contribution in [0.25, 0.3) is 11.5 Å². The summed E-state index contributed by atoms with van der Waals surface area (Å²) >= 11 is 0. The van der Waals surface area contributed by atoms with E-state index in [0.29, 0.717) is 49.3 Å². The summed E-state index contributed by atoms with van der Waals surface area (Å²) in [6.45, 7) is 4.75. The summed E-state index contributed by atoms with van der Waals surface area (Å²) in [7, 11) is 0. The molecule has 8 nitrogen and oxygen atoms in total. The molecule has 1 aromatic carbocycles. The number of rotatable bonds is 3. The molecule has 2 aliphatic rings. The first-order valence-electron chi connectivity index (χ1n) is 9.25. The molecule has 0 bridgehead atoms. The van der Waals surface area contributed by atoms with Crippen LogP contribution in [0.2, 0.25) is 0 Å². The van der Waals surface area contributed by atoms with Gasteiger partial charge in [0.2, 0.25) is 5.89 Å². The van der Waals surface area contributed by atoms with E-state index in [2.05, 4.69) is 20.1 Å². The van der Waals surface area contributed by atoms with Crippen LogP contribution in [0.3, 0.4) is 0 Å². The van der Waals surface area contributed by atoms with Crippen molar-refractivity contribution >= 4 is 0 Å². The number of aromatic amines is 1. The molecule has 1 fully saturated rings. The van der Waals surface area contributed by atoms with Crippen LogP contribution in [-0.2, 0) is 24.4 Å². The highest BCUT2D eigenvalue weighted by molar-refractivity contribution is 5.54. The second kappa shape index (κ2) is 6.39. The Bertz CT molecular complexity index is 1090. The Hall–Kier alpha value is -2.78. The number of nitrogens with one attached hydrogen (secondary N) is 1. The first-order valence-corrected chi connectivity index (χ1v) is 9.25. The highest BCUT2D eigenvalue weighted by atomic mass is 19.1. The highest BCUT2D eigenvalue weighted by Gasteiger charge is 2.43. The molecule has 5 rings (SSSR count). The number of halogens is 1. The van der Waals surface area contributed by atoms with E-state index in [1.807, 2.05) is 6.92 Å². The van der Waals surface area contributed by atoms with Gasteiger partial charge in [-0.3, -0.25) is 9.47 Å². The summed E-state index contributed by atoms with van der Waals surface area (Å²) in [5, 5.41) is 6.46. The molecule has 1 unspecified atom stereocenters. The zero-order valence-corrected chi connectivity index (χ0v) is 15.4. The van der Waals surface area contributed by atoms with Crippen molar-refractivity contribution in [1.29, 1.82) is 0 Å². The standard InChI is InChI=1S/C19H20FN5O3/c1-12-15(21-17(28-12)13-4-2-3-5-14(13)20)8-24-7-6-19(10-24)11-25-16(9-27-19)22-23-18(25)26/h2-5H,6-11H2,1H3,(H,23,26). The largest absolute Gasteiger partial charge is 0.441 e. The van der Waals surface area contributed by atoms with Gasteiger partial charge in [-0.15, -0.1) is 0 Å². The van der Waals surface area contributed by atoms with E-state index in [-0.39, 0.29) is 11.5 Å². The van der Waals surface area contributed by atoms with Gasteiger partial charge in [-0.25, -0.2) is 19.3 Å². The maximum absolute atomic E-state index is 14.0. The summed E-state index contributed by atoms with van der Waals surface area (Å²) in [5.41, 5.74) is 0.551. The summed E-state index contributed by atoms with van der Waals surface area (Å²) in [4.78, 5) is 18.7. The van der Waals surface area contributed by atoms with Crippen molar-refractivity contribution in [2.45, 2.75) is 38.6 Å². The summed E-state index contributed by atoms with van der Waals surface area (Å²) in [6.07, 6.45) is 0.821.